The smallest absolute Gasteiger partial charge is 0.312 e. The molecule has 0 aromatic heterocycles. The monoisotopic (exact) mass is 222 g/mol. The number of fused-ring (bicyclic) bond motifs is 3. The van der Waals surface area contributed by atoms with Gasteiger partial charge in [-0.05, 0) is 31.1 Å². The fourth-order valence-electron chi connectivity index (χ4n) is 3.66. The van der Waals surface area contributed by atoms with E-state index in [1.807, 2.05) is 11.8 Å². The maximum atomic E-state index is 12.2. The van der Waals surface area contributed by atoms with Gasteiger partial charge >= 0.3 is 6.03 Å². The Morgan fingerprint density at radius 1 is 1.31 bits per heavy atom. The molecule has 1 aliphatic carbocycles. The van der Waals surface area contributed by atoms with Crippen molar-refractivity contribution in [3.63, 3.8) is 0 Å². The van der Waals surface area contributed by atoms with E-state index in [1.165, 1.54) is 17.7 Å². The minimum Gasteiger partial charge on any atom is -0.312 e. The summed E-state index contributed by atoms with van der Waals surface area (Å²) in [4.78, 5) is 27.5. The molecule has 3 atom stereocenters. The predicted octanol–water partition coefficient (Wildman–Crippen LogP) is 1.46. The molecule has 2 aliphatic heterocycles. The van der Waals surface area contributed by atoms with Crippen LogP contribution in [-0.4, -0.2) is 40.9 Å². The predicted molar refractivity (Wildman–Crippen MR) is 58.7 cm³/mol. The molecule has 3 rings (SSSR count). The number of nitrogens with zero attached hydrogens (tertiary/aromatic N) is 2. The van der Waals surface area contributed by atoms with Gasteiger partial charge in [-0.3, -0.25) is 9.69 Å². The first kappa shape index (κ1) is 10.1. The molecule has 4 heteroatoms. The van der Waals surface area contributed by atoms with E-state index in [1.54, 1.807) is 0 Å². The molecule has 3 amide bonds. The zero-order chi connectivity index (χ0) is 11.3. The number of amides is 3. The van der Waals surface area contributed by atoms with Gasteiger partial charge in [-0.2, -0.15) is 0 Å². The molecule has 3 fully saturated rings. The van der Waals surface area contributed by atoms with Crippen LogP contribution >= 0.6 is 0 Å². The van der Waals surface area contributed by atoms with Crippen LogP contribution < -0.4 is 0 Å². The van der Waals surface area contributed by atoms with Gasteiger partial charge < -0.3 is 4.90 Å². The second-order valence-corrected chi connectivity index (χ2v) is 5.22. The Labute approximate surface area is 95.6 Å². The van der Waals surface area contributed by atoms with Crippen molar-refractivity contribution < 1.29 is 9.59 Å². The van der Waals surface area contributed by atoms with E-state index < -0.39 is 0 Å². The van der Waals surface area contributed by atoms with Crippen LogP contribution in [0.3, 0.4) is 0 Å². The summed E-state index contributed by atoms with van der Waals surface area (Å²) in [6, 6.07) is -0.141. The first-order chi connectivity index (χ1) is 7.74. The van der Waals surface area contributed by atoms with Crippen LogP contribution in [0.4, 0.5) is 4.79 Å². The highest BCUT2D eigenvalue weighted by Crippen LogP contribution is 2.45. The van der Waals surface area contributed by atoms with E-state index in [0.717, 1.165) is 19.4 Å². The highest BCUT2D eigenvalue weighted by molar-refractivity contribution is 6.04. The van der Waals surface area contributed by atoms with Crippen LogP contribution in [-0.2, 0) is 4.79 Å². The Bertz CT molecular complexity index is 342. The van der Waals surface area contributed by atoms with Crippen molar-refractivity contribution in [3.8, 4) is 0 Å². The average molecular weight is 222 g/mol. The standard InChI is InChI=1S/C12H18N2O2/c1-2-6-13-11(15)10-9-5-3-4-8(9)7-14(10)12(13)16/h8-10H,2-7H2,1H3. The number of hydrogen-bond donors (Lipinski definition) is 0. The fraction of sp³-hybridized carbons (Fsp3) is 0.833. The number of carbonyl (C=O) groups is 2. The third-order valence-corrected chi connectivity index (χ3v) is 4.33. The first-order valence-electron chi connectivity index (χ1n) is 6.36. The van der Waals surface area contributed by atoms with Crippen molar-refractivity contribution >= 4 is 11.9 Å². The van der Waals surface area contributed by atoms with Crippen molar-refractivity contribution in [2.24, 2.45) is 11.8 Å². The van der Waals surface area contributed by atoms with Crippen molar-refractivity contribution in [1.82, 2.24) is 9.80 Å². The number of hydrogen-bond acceptors (Lipinski definition) is 2. The van der Waals surface area contributed by atoms with Crippen LogP contribution in [0.1, 0.15) is 32.6 Å². The number of imide groups is 1. The summed E-state index contributed by atoms with van der Waals surface area (Å²) in [7, 11) is 0. The van der Waals surface area contributed by atoms with Gasteiger partial charge in [-0.15, -0.1) is 0 Å². The topological polar surface area (TPSA) is 40.6 Å². The van der Waals surface area contributed by atoms with Gasteiger partial charge in [0.15, 0.2) is 0 Å². The van der Waals surface area contributed by atoms with Gasteiger partial charge in [-0.1, -0.05) is 13.3 Å². The summed E-state index contributed by atoms with van der Waals surface area (Å²) >= 11 is 0. The summed E-state index contributed by atoms with van der Waals surface area (Å²) < 4.78 is 0. The van der Waals surface area contributed by atoms with E-state index in [0.29, 0.717) is 18.4 Å². The molecule has 4 nitrogen and oxygen atoms in total. The Kier molecular flexibility index (Phi) is 2.19. The number of urea groups is 1. The van der Waals surface area contributed by atoms with Gasteiger partial charge in [0.25, 0.3) is 5.91 Å². The molecule has 2 heterocycles. The fourth-order valence-corrected chi connectivity index (χ4v) is 3.66. The van der Waals surface area contributed by atoms with Gasteiger partial charge in [0.05, 0.1) is 0 Å². The maximum absolute atomic E-state index is 12.2. The highest BCUT2D eigenvalue weighted by atomic mass is 16.2. The van der Waals surface area contributed by atoms with Gasteiger partial charge in [0, 0.05) is 13.1 Å². The molecular formula is C12H18N2O2. The zero-order valence-electron chi connectivity index (χ0n) is 9.69. The summed E-state index contributed by atoms with van der Waals surface area (Å²) in [5.74, 6) is 1.13. The highest BCUT2D eigenvalue weighted by Gasteiger charge is 2.56. The normalized spacial score (nSPS) is 37.2. The Balaban J connectivity index is 1.86. The first-order valence-corrected chi connectivity index (χ1v) is 6.36. The van der Waals surface area contributed by atoms with E-state index in [9.17, 15) is 9.59 Å². The lowest BCUT2D eigenvalue weighted by atomic mass is 9.93. The van der Waals surface area contributed by atoms with E-state index in [2.05, 4.69) is 0 Å². The van der Waals surface area contributed by atoms with Gasteiger partial charge in [0.2, 0.25) is 0 Å². The van der Waals surface area contributed by atoms with Crippen molar-refractivity contribution in [2.75, 3.05) is 13.1 Å². The minimum atomic E-state index is -0.105. The van der Waals surface area contributed by atoms with Crippen LogP contribution in [0.2, 0.25) is 0 Å². The Hall–Kier alpha value is -1.06. The quantitative estimate of drug-likeness (QED) is 0.664. The Morgan fingerprint density at radius 2 is 2.12 bits per heavy atom. The summed E-state index contributed by atoms with van der Waals surface area (Å²) in [6.45, 7) is 3.41. The van der Waals surface area contributed by atoms with E-state index >= 15 is 0 Å². The Morgan fingerprint density at radius 3 is 2.88 bits per heavy atom. The molecule has 3 aliphatic rings. The molecule has 0 aromatic carbocycles. The molecule has 0 bridgehead atoms. The van der Waals surface area contributed by atoms with Gasteiger partial charge in [0.1, 0.15) is 6.04 Å². The second-order valence-electron chi connectivity index (χ2n) is 5.22. The van der Waals surface area contributed by atoms with Crippen molar-refractivity contribution in [2.45, 2.75) is 38.6 Å². The zero-order valence-corrected chi connectivity index (χ0v) is 9.69. The molecular weight excluding hydrogens is 204 g/mol. The molecule has 2 saturated heterocycles. The van der Waals surface area contributed by atoms with E-state index in [-0.39, 0.29) is 18.0 Å². The third-order valence-electron chi connectivity index (χ3n) is 4.33. The number of rotatable bonds is 2. The van der Waals surface area contributed by atoms with E-state index in [4.69, 9.17) is 0 Å². The molecule has 3 unspecified atom stereocenters. The van der Waals surface area contributed by atoms with Crippen LogP contribution in [0, 0.1) is 11.8 Å². The molecule has 0 radical (unpaired) electrons. The molecule has 16 heavy (non-hydrogen) atoms. The largest absolute Gasteiger partial charge is 0.327 e. The summed E-state index contributed by atoms with van der Waals surface area (Å²) in [5, 5.41) is 0. The van der Waals surface area contributed by atoms with Crippen LogP contribution in [0.15, 0.2) is 0 Å². The molecule has 0 aromatic rings. The minimum absolute atomic E-state index is 0.0359. The average Bonchev–Trinajstić information content (AvgIpc) is 2.87. The van der Waals surface area contributed by atoms with Crippen molar-refractivity contribution in [1.29, 1.82) is 0 Å². The summed E-state index contributed by atoms with van der Waals surface area (Å²) in [5.41, 5.74) is 0. The maximum Gasteiger partial charge on any atom is 0.327 e. The molecule has 0 N–H and O–H groups in total. The van der Waals surface area contributed by atoms with Crippen LogP contribution in [0.25, 0.3) is 0 Å². The SMILES string of the molecule is CCCN1C(=O)C2C3CCCC3CN2C1=O. The number of carbonyl (C=O) groups excluding carboxylic acids is 2. The lowest BCUT2D eigenvalue weighted by Gasteiger charge is -2.16. The van der Waals surface area contributed by atoms with Crippen molar-refractivity contribution in [3.05, 3.63) is 0 Å². The summed E-state index contributed by atoms with van der Waals surface area (Å²) in [6.07, 6.45) is 4.41. The van der Waals surface area contributed by atoms with Crippen LogP contribution in [0.5, 0.6) is 0 Å². The molecule has 0 spiro atoms. The third kappa shape index (κ3) is 1.16. The second kappa shape index (κ2) is 3.47. The van der Waals surface area contributed by atoms with Gasteiger partial charge in [-0.25, -0.2) is 4.79 Å². The lowest BCUT2D eigenvalue weighted by Crippen LogP contribution is -2.35. The molecule has 88 valence electrons. The lowest BCUT2D eigenvalue weighted by molar-refractivity contribution is -0.129. The molecule has 1 saturated carbocycles.